The van der Waals surface area contributed by atoms with Crippen LogP contribution in [-0.2, 0) is 0 Å². The minimum Gasteiger partial charge on any atom is -0.486 e. The quantitative estimate of drug-likeness (QED) is 0.797. The van der Waals surface area contributed by atoms with E-state index >= 15 is 0 Å². The molecule has 90 valence electrons. The molecule has 0 amide bonds. The molecule has 1 aliphatic heterocycles. The zero-order chi connectivity index (χ0) is 12.0. The lowest BCUT2D eigenvalue weighted by Gasteiger charge is -2.35. The van der Waals surface area contributed by atoms with E-state index in [9.17, 15) is 4.79 Å². The van der Waals surface area contributed by atoms with Crippen LogP contribution in [0.4, 0.5) is 0 Å². The third-order valence-electron chi connectivity index (χ3n) is 3.55. The maximum atomic E-state index is 12.1. The zero-order valence-corrected chi connectivity index (χ0v) is 10.6. The summed E-state index contributed by atoms with van der Waals surface area (Å²) < 4.78 is 6.02. The van der Waals surface area contributed by atoms with Crippen LogP contribution in [-0.4, -0.2) is 11.4 Å². The molecular formula is C14H15ClO2. The van der Waals surface area contributed by atoms with Gasteiger partial charge in [0.15, 0.2) is 5.78 Å². The fraction of sp³-hybridized carbons (Fsp3) is 0.500. The molecule has 17 heavy (non-hydrogen) atoms. The molecule has 1 atom stereocenters. The first-order valence-electron chi connectivity index (χ1n) is 6.07. The van der Waals surface area contributed by atoms with Gasteiger partial charge in [0.2, 0.25) is 0 Å². The number of fused-ring (bicyclic) bond motifs is 1. The highest BCUT2D eigenvalue weighted by molar-refractivity contribution is 6.31. The van der Waals surface area contributed by atoms with Gasteiger partial charge in [-0.2, -0.15) is 0 Å². The van der Waals surface area contributed by atoms with Crippen molar-refractivity contribution in [3.63, 3.8) is 0 Å². The molecule has 1 heterocycles. The van der Waals surface area contributed by atoms with Crippen molar-refractivity contribution in [2.24, 2.45) is 5.92 Å². The van der Waals surface area contributed by atoms with Crippen LogP contribution in [0.3, 0.4) is 0 Å². The second-order valence-electron chi connectivity index (χ2n) is 5.44. The molecule has 2 aliphatic rings. The zero-order valence-electron chi connectivity index (χ0n) is 9.83. The van der Waals surface area contributed by atoms with Gasteiger partial charge in [0, 0.05) is 5.02 Å². The predicted molar refractivity (Wildman–Crippen MR) is 66.8 cm³/mol. The summed E-state index contributed by atoms with van der Waals surface area (Å²) in [7, 11) is 0. The Kier molecular flexibility index (Phi) is 2.44. The van der Waals surface area contributed by atoms with Gasteiger partial charge in [-0.1, -0.05) is 24.4 Å². The Bertz CT molecular complexity index is 479. The average molecular weight is 251 g/mol. The van der Waals surface area contributed by atoms with Crippen LogP contribution in [0.1, 0.15) is 43.0 Å². The number of halogens is 1. The number of hydrogen-bond donors (Lipinski definition) is 0. The van der Waals surface area contributed by atoms with Crippen molar-refractivity contribution >= 4 is 17.4 Å². The number of carbonyl (C=O) groups excluding carboxylic acids is 1. The van der Waals surface area contributed by atoms with Crippen molar-refractivity contribution in [3.05, 3.63) is 28.8 Å². The van der Waals surface area contributed by atoms with E-state index in [1.54, 1.807) is 18.2 Å². The standard InChI is InChI=1S/C14H15ClO2/c1-14(7-9-2-3-9)8-12(16)11-6-10(15)4-5-13(11)17-14/h4-6,9H,2-3,7-8H2,1H3. The van der Waals surface area contributed by atoms with E-state index in [1.165, 1.54) is 12.8 Å². The Balaban J connectivity index is 1.91. The molecule has 3 rings (SSSR count). The molecule has 0 saturated heterocycles. The summed E-state index contributed by atoms with van der Waals surface area (Å²) in [5.74, 6) is 1.59. The number of rotatable bonds is 2. The van der Waals surface area contributed by atoms with Gasteiger partial charge in [-0.25, -0.2) is 0 Å². The van der Waals surface area contributed by atoms with Crippen LogP contribution < -0.4 is 4.74 Å². The first-order chi connectivity index (χ1) is 8.06. The SMILES string of the molecule is CC1(CC2CC2)CC(=O)c2cc(Cl)ccc2O1. The minimum atomic E-state index is -0.320. The molecule has 0 aromatic heterocycles. The summed E-state index contributed by atoms with van der Waals surface area (Å²) in [6.45, 7) is 2.04. The van der Waals surface area contributed by atoms with E-state index < -0.39 is 0 Å². The summed E-state index contributed by atoms with van der Waals surface area (Å²) in [6.07, 6.45) is 4.01. The van der Waals surface area contributed by atoms with Crippen LogP contribution >= 0.6 is 11.6 Å². The topological polar surface area (TPSA) is 26.3 Å². The van der Waals surface area contributed by atoms with Crippen molar-refractivity contribution in [2.75, 3.05) is 0 Å². The fourth-order valence-corrected chi connectivity index (χ4v) is 2.76. The van der Waals surface area contributed by atoms with E-state index in [0.717, 1.165) is 12.3 Å². The third-order valence-corrected chi connectivity index (χ3v) is 3.79. The van der Waals surface area contributed by atoms with Crippen LogP contribution in [0, 0.1) is 5.92 Å². The van der Waals surface area contributed by atoms with Gasteiger partial charge in [0.05, 0.1) is 12.0 Å². The first-order valence-corrected chi connectivity index (χ1v) is 6.45. The monoisotopic (exact) mass is 250 g/mol. The van der Waals surface area contributed by atoms with Gasteiger partial charge in [0.1, 0.15) is 11.4 Å². The van der Waals surface area contributed by atoms with Crippen LogP contribution in [0.2, 0.25) is 5.02 Å². The highest BCUT2D eigenvalue weighted by Crippen LogP contribution is 2.43. The Morgan fingerprint density at radius 1 is 1.47 bits per heavy atom. The maximum absolute atomic E-state index is 12.1. The molecule has 0 N–H and O–H groups in total. The number of ether oxygens (including phenoxy) is 1. The minimum absolute atomic E-state index is 0.150. The van der Waals surface area contributed by atoms with Gasteiger partial charge in [-0.3, -0.25) is 4.79 Å². The second kappa shape index (κ2) is 3.74. The van der Waals surface area contributed by atoms with Gasteiger partial charge >= 0.3 is 0 Å². The molecule has 1 aromatic carbocycles. The van der Waals surface area contributed by atoms with Crippen molar-refractivity contribution in [1.82, 2.24) is 0 Å². The maximum Gasteiger partial charge on any atom is 0.170 e. The molecule has 0 radical (unpaired) electrons. The highest BCUT2D eigenvalue weighted by atomic mass is 35.5. The molecule has 1 aliphatic carbocycles. The molecule has 1 fully saturated rings. The molecule has 1 saturated carbocycles. The number of hydrogen-bond acceptors (Lipinski definition) is 2. The number of Topliss-reactive ketones (excluding diaryl/α,β-unsaturated/α-hetero) is 1. The lowest BCUT2D eigenvalue weighted by Crippen LogP contribution is -2.39. The van der Waals surface area contributed by atoms with E-state index in [0.29, 0.717) is 22.8 Å². The average Bonchev–Trinajstić information content (AvgIpc) is 3.03. The third kappa shape index (κ3) is 2.19. The van der Waals surface area contributed by atoms with Crippen molar-refractivity contribution < 1.29 is 9.53 Å². The van der Waals surface area contributed by atoms with Crippen molar-refractivity contribution in [2.45, 2.75) is 38.2 Å². The van der Waals surface area contributed by atoms with E-state index in [4.69, 9.17) is 16.3 Å². The normalized spacial score (nSPS) is 27.5. The summed E-state index contributed by atoms with van der Waals surface area (Å²) in [6, 6.07) is 5.28. The largest absolute Gasteiger partial charge is 0.486 e. The molecular weight excluding hydrogens is 236 g/mol. The van der Waals surface area contributed by atoms with Gasteiger partial charge in [-0.05, 0) is 37.5 Å². The summed E-state index contributed by atoms with van der Waals surface area (Å²) in [4.78, 5) is 12.1. The van der Waals surface area contributed by atoms with Crippen molar-refractivity contribution in [1.29, 1.82) is 0 Å². The Morgan fingerprint density at radius 2 is 2.24 bits per heavy atom. The Labute approximate surface area is 106 Å². The van der Waals surface area contributed by atoms with Crippen LogP contribution in [0.25, 0.3) is 0 Å². The van der Waals surface area contributed by atoms with E-state index in [-0.39, 0.29) is 11.4 Å². The molecule has 0 bridgehead atoms. The van der Waals surface area contributed by atoms with Gasteiger partial charge < -0.3 is 4.74 Å². The van der Waals surface area contributed by atoms with Crippen LogP contribution in [0.5, 0.6) is 5.75 Å². The van der Waals surface area contributed by atoms with E-state index in [1.807, 2.05) is 6.92 Å². The second-order valence-corrected chi connectivity index (χ2v) is 5.88. The number of carbonyl (C=O) groups is 1. The molecule has 1 unspecified atom stereocenters. The fourth-order valence-electron chi connectivity index (χ4n) is 2.59. The predicted octanol–water partition coefficient (Wildman–Crippen LogP) is 3.86. The molecule has 0 spiro atoms. The van der Waals surface area contributed by atoms with Gasteiger partial charge in [-0.15, -0.1) is 0 Å². The number of ketones is 1. The van der Waals surface area contributed by atoms with Gasteiger partial charge in [0.25, 0.3) is 0 Å². The van der Waals surface area contributed by atoms with E-state index in [2.05, 4.69) is 0 Å². The molecule has 1 aromatic rings. The Morgan fingerprint density at radius 3 is 2.94 bits per heavy atom. The lowest BCUT2D eigenvalue weighted by atomic mass is 9.87. The number of benzene rings is 1. The van der Waals surface area contributed by atoms with Crippen LogP contribution in [0.15, 0.2) is 18.2 Å². The summed E-state index contributed by atoms with van der Waals surface area (Å²) in [5, 5.41) is 0.589. The summed E-state index contributed by atoms with van der Waals surface area (Å²) >= 11 is 5.90. The molecule has 3 heteroatoms. The smallest absolute Gasteiger partial charge is 0.170 e. The summed E-state index contributed by atoms with van der Waals surface area (Å²) in [5.41, 5.74) is 0.310. The Hall–Kier alpha value is -1.02. The highest BCUT2D eigenvalue weighted by Gasteiger charge is 2.40. The van der Waals surface area contributed by atoms with Crippen molar-refractivity contribution in [3.8, 4) is 5.75 Å². The molecule has 2 nitrogen and oxygen atoms in total. The lowest BCUT2D eigenvalue weighted by molar-refractivity contribution is 0.0435. The first kappa shape index (κ1) is 11.1.